The van der Waals surface area contributed by atoms with Gasteiger partial charge in [-0.3, -0.25) is 0 Å². The summed E-state index contributed by atoms with van der Waals surface area (Å²) in [5.74, 6) is 1.74. The maximum absolute atomic E-state index is 5.92. The topological polar surface area (TPSA) is 21.3 Å². The smallest absolute Gasteiger partial charge is 0.130 e. The van der Waals surface area contributed by atoms with Crippen LogP contribution in [0.15, 0.2) is 46.9 Å². The van der Waals surface area contributed by atoms with Crippen LogP contribution in [0.3, 0.4) is 0 Å². The number of aryl methyl sites for hydroxylation is 1. The van der Waals surface area contributed by atoms with Gasteiger partial charge >= 0.3 is 0 Å². The van der Waals surface area contributed by atoms with Crippen molar-refractivity contribution in [2.24, 2.45) is 0 Å². The normalized spacial score (nSPS) is 10.8. The van der Waals surface area contributed by atoms with Crippen molar-refractivity contribution in [1.82, 2.24) is 5.32 Å². The van der Waals surface area contributed by atoms with E-state index in [0.29, 0.717) is 6.04 Å². The summed E-state index contributed by atoms with van der Waals surface area (Å²) >= 11 is 3.45. The first-order valence-electron chi connectivity index (χ1n) is 6.81. The first-order chi connectivity index (χ1) is 9.54. The zero-order valence-electron chi connectivity index (χ0n) is 12.1. The van der Waals surface area contributed by atoms with E-state index in [1.807, 2.05) is 30.3 Å². The number of halogens is 1. The van der Waals surface area contributed by atoms with E-state index in [9.17, 15) is 0 Å². The number of hydrogen-bond acceptors (Lipinski definition) is 2. The second-order valence-corrected chi connectivity index (χ2v) is 6.11. The lowest BCUT2D eigenvalue weighted by Gasteiger charge is -2.12. The lowest BCUT2D eigenvalue weighted by atomic mass is 10.1. The molecule has 0 radical (unpaired) electrons. The summed E-state index contributed by atoms with van der Waals surface area (Å²) in [4.78, 5) is 0. The van der Waals surface area contributed by atoms with Crippen molar-refractivity contribution in [1.29, 1.82) is 0 Å². The molecule has 1 N–H and O–H groups in total. The highest BCUT2D eigenvalue weighted by molar-refractivity contribution is 9.10. The van der Waals surface area contributed by atoms with Crippen LogP contribution in [0.4, 0.5) is 0 Å². The molecule has 0 aliphatic rings. The Bertz CT molecular complexity index is 581. The van der Waals surface area contributed by atoms with Crippen LogP contribution in [0.1, 0.15) is 25.0 Å². The van der Waals surface area contributed by atoms with Crippen LogP contribution in [0.5, 0.6) is 11.5 Å². The van der Waals surface area contributed by atoms with Crippen LogP contribution < -0.4 is 10.1 Å². The van der Waals surface area contributed by atoms with E-state index in [-0.39, 0.29) is 0 Å². The highest BCUT2D eigenvalue weighted by Crippen LogP contribution is 2.27. The second-order valence-electron chi connectivity index (χ2n) is 5.19. The van der Waals surface area contributed by atoms with Crippen LogP contribution >= 0.6 is 15.9 Å². The summed E-state index contributed by atoms with van der Waals surface area (Å²) in [5.41, 5.74) is 2.42. The standard InChI is InChI=1S/C17H20BrNO/c1-12(2)19-11-14-7-8-17(13(3)9-14)20-16-6-4-5-15(18)10-16/h4-10,12,19H,11H2,1-3H3. The molecule has 0 aliphatic heterocycles. The van der Waals surface area contributed by atoms with E-state index in [0.717, 1.165) is 28.1 Å². The predicted octanol–water partition coefficient (Wildman–Crippen LogP) is 5.05. The fourth-order valence-electron chi connectivity index (χ4n) is 1.92. The molecule has 0 aromatic heterocycles. The van der Waals surface area contributed by atoms with Crippen molar-refractivity contribution in [3.63, 3.8) is 0 Å². The zero-order valence-corrected chi connectivity index (χ0v) is 13.7. The molecule has 0 bridgehead atoms. The van der Waals surface area contributed by atoms with Gasteiger partial charge in [-0.1, -0.05) is 48.0 Å². The molecule has 3 heteroatoms. The number of benzene rings is 2. The first kappa shape index (κ1) is 15.1. The fraction of sp³-hybridized carbons (Fsp3) is 0.294. The predicted molar refractivity (Wildman–Crippen MR) is 87.4 cm³/mol. The zero-order chi connectivity index (χ0) is 14.5. The van der Waals surface area contributed by atoms with Gasteiger partial charge in [-0.15, -0.1) is 0 Å². The van der Waals surface area contributed by atoms with Crippen molar-refractivity contribution >= 4 is 15.9 Å². The van der Waals surface area contributed by atoms with Gasteiger partial charge in [0.2, 0.25) is 0 Å². The number of hydrogen-bond donors (Lipinski definition) is 1. The maximum Gasteiger partial charge on any atom is 0.130 e. The fourth-order valence-corrected chi connectivity index (χ4v) is 2.29. The van der Waals surface area contributed by atoms with Gasteiger partial charge in [-0.2, -0.15) is 0 Å². The molecule has 2 aromatic rings. The average Bonchev–Trinajstić information content (AvgIpc) is 2.39. The van der Waals surface area contributed by atoms with E-state index in [1.165, 1.54) is 5.56 Å². The van der Waals surface area contributed by atoms with E-state index in [4.69, 9.17) is 4.74 Å². The molecule has 2 aromatic carbocycles. The van der Waals surface area contributed by atoms with Crippen LogP contribution in [0.2, 0.25) is 0 Å². The second kappa shape index (κ2) is 6.91. The van der Waals surface area contributed by atoms with Gasteiger partial charge in [-0.25, -0.2) is 0 Å². The molecule has 106 valence electrons. The molecule has 0 fully saturated rings. The van der Waals surface area contributed by atoms with Gasteiger partial charge in [0.15, 0.2) is 0 Å². The van der Waals surface area contributed by atoms with E-state index in [1.54, 1.807) is 0 Å². The minimum absolute atomic E-state index is 0.493. The monoisotopic (exact) mass is 333 g/mol. The van der Waals surface area contributed by atoms with Crippen molar-refractivity contribution in [2.45, 2.75) is 33.4 Å². The largest absolute Gasteiger partial charge is 0.457 e. The van der Waals surface area contributed by atoms with Crippen molar-refractivity contribution in [3.05, 3.63) is 58.1 Å². The highest BCUT2D eigenvalue weighted by atomic mass is 79.9. The van der Waals surface area contributed by atoms with Gasteiger partial charge in [0.05, 0.1) is 0 Å². The van der Waals surface area contributed by atoms with Crippen LogP contribution in [0.25, 0.3) is 0 Å². The molecule has 2 rings (SSSR count). The third kappa shape index (κ3) is 4.36. The molecule has 0 amide bonds. The Labute approximate surface area is 129 Å². The third-order valence-electron chi connectivity index (χ3n) is 2.98. The molecule has 0 aliphatic carbocycles. The highest BCUT2D eigenvalue weighted by Gasteiger charge is 2.04. The van der Waals surface area contributed by atoms with Gasteiger partial charge in [0, 0.05) is 17.1 Å². The summed E-state index contributed by atoms with van der Waals surface area (Å²) in [7, 11) is 0. The minimum atomic E-state index is 0.493. The number of rotatable bonds is 5. The summed E-state index contributed by atoms with van der Waals surface area (Å²) in [6.07, 6.45) is 0. The molecular formula is C17H20BrNO. The first-order valence-corrected chi connectivity index (χ1v) is 7.60. The Balaban J connectivity index is 2.09. The third-order valence-corrected chi connectivity index (χ3v) is 3.47. The quantitative estimate of drug-likeness (QED) is 0.826. The van der Waals surface area contributed by atoms with Gasteiger partial charge in [0.1, 0.15) is 11.5 Å². The maximum atomic E-state index is 5.92. The van der Waals surface area contributed by atoms with Gasteiger partial charge < -0.3 is 10.1 Å². The Kier molecular flexibility index (Phi) is 5.21. The Hall–Kier alpha value is -1.32. The summed E-state index contributed by atoms with van der Waals surface area (Å²) in [6.45, 7) is 7.26. The van der Waals surface area contributed by atoms with Gasteiger partial charge in [-0.05, 0) is 42.3 Å². The molecule has 0 atom stereocenters. The number of ether oxygens (including phenoxy) is 1. The molecule has 20 heavy (non-hydrogen) atoms. The van der Waals surface area contributed by atoms with Crippen LogP contribution in [0, 0.1) is 6.92 Å². The number of nitrogens with one attached hydrogen (secondary N) is 1. The average molecular weight is 334 g/mol. The van der Waals surface area contributed by atoms with Crippen molar-refractivity contribution < 1.29 is 4.74 Å². The molecular weight excluding hydrogens is 314 g/mol. The Morgan fingerprint density at radius 2 is 1.95 bits per heavy atom. The van der Waals surface area contributed by atoms with Crippen LogP contribution in [-0.4, -0.2) is 6.04 Å². The van der Waals surface area contributed by atoms with Crippen LogP contribution in [-0.2, 0) is 6.54 Å². The Morgan fingerprint density at radius 3 is 2.60 bits per heavy atom. The summed E-state index contributed by atoms with van der Waals surface area (Å²) in [5, 5.41) is 3.42. The lowest BCUT2D eigenvalue weighted by Crippen LogP contribution is -2.21. The molecule has 0 saturated heterocycles. The van der Waals surface area contributed by atoms with Gasteiger partial charge in [0.25, 0.3) is 0 Å². The molecule has 2 nitrogen and oxygen atoms in total. The van der Waals surface area contributed by atoms with Crippen molar-refractivity contribution in [2.75, 3.05) is 0 Å². The Morgan fingerprint density at radius 1 is 1.15 bits per heavy atom. The van der Waals surface area contributed by atoms with E-state index >= 15 is 0 Å². The molecule has 0 spiro atoms. The lowest BCUT2D eigenvalue weighted by molar-refractivity contribution is 0.478. The van der Waals surface area contributed by atoms with E-state index < -0.39 is 0 Å². The molecule has 0 heterocycles. The molecule has 0 saturated carbocycles. The molecule has 0 unspecified atom stereocenters. The SMILES string of the molecule is Cc1cc(CNC(C)C)ccc1Oc1cccc(Br)c1. The minimum Gasteiger partial charge on any atom is -0.457 e. The van der Waals surface area contributed by atoms with Crippen molar-refractivity contribution in [3.8, 4) is 11.5 Å². The summed E-state index contributed by atoms with van der Waals surface area (Å²) in [6, 6.07) is 14.7. The summed E-state index contributed by atoms with van der Waals surface area (Å²) < 4.78 is 6.94. The van der Waals surface area contributed by atoms with E-state index in [2.05, 4.69) is 54.2 Å².